The zero-order valence-corrected chi connectivity index (χ0v) is 10.3. The zero-order valence-electron chi connectivity index (χ0n) is 9.51. The van der Waals surface area contributed by atoms with E-state index >= 15 is 0 Å². The lowest BCUT2D eigenvalue weighted by Crippen LogP contribution is -2.15. The SMILES string of the molecule is CCOC(=O)CS(=O)c1ccc(C(=O)O)cc1F. The molecule has 1 unspecified atom stereocenters. The van der Waals surface area contributed by atoms with Gasteiger partial charge in [0.15, 0.2) is 0 Å². The fourth-order valence-electron chi connectivity index (χ4n) is 1.21. The van der Waals surface area contributed by atoms with Crippen LogP contribution in [0.15, 0.2) is 23.1 Å². The molecule has 1 rings (SSSR count). The summed E-state index contributed by atoms with van der Waals surface area (Å²) in [6, 6.07) is 2.98. The number of carbonyl (C=O) groups is 2. The number of esters is 1. The summed E-state index contributed by atoms with van der Waals surface area (Å²) in [6.45, 7) is 1.75. The Morgan fingerprint density at radius 3 is 2.61 bits per heavy atom. The third-order valence-electron chi connectivity index (χ3n) is 1.98. The highest BCUT2D eigenvalue weighted by Gasteiger charge is 2.16. The first kappa shape index (κ1) is 14.3. The molecule has 0 aliphatic heterocycles. The summed E-state index contributed by atoms with van der Waals surface area (Å²) in [5, 5.41) is 8.64. The summed E-state index contributed by atoms with van der Waals surface area (Å²) in [5.74, 6) is -3.36. The van der Waals surface area contributed by atoms with Crippen molar-refractivity contribution in [3.63, 3.8) is 0 Å². The molecule has 7 heteroatoms. The summed E-state index contributed by atoms with van der Waals surface area (Å²) < 4.78 is 29.7. The van der Waals surface area contributed by atoms with E-state index in [0.717, 1.165) is 18.2 Å². The van der Waals surface area contributed by atoms with E-state index in [4.69, 9.17) is 5.11 Å². The van der Waals surface area contributed by atoms with Gasteiger partial charge in [-0.3, -0.25) is 9.00 Å². The average Bonchev–Trinajstić information content (AvgIpc) is 2.28. The van der Waals surface area contributed by atoms with Gasteiger partial charge in [-0.05, 0) is 25.1 Å². The topological polar surface area (TPSA) is 80.7 Å². The monoisotopic (exact) mass is 274 g/mol. The number of ether oxygens (including phenoxy) is 1. The van der Waals surface area contributed by atoms with Crippen LogP contribution in [0.25, 0.3) is 0 Å². The molecule has 0 radical (unpaired) electrons. The van der Waals surface area contributed by atoms with Crippen molar-refractivity contribution < 1.29 is 28.0 Å². The minimum Gasteiger partial charge on any atom is -0.478 e. The highest BCUT2D eigenvalue weighted by Crippen LogP contribution is 2.15. The van der Waals surface area contributed by atoms with E-state index in [1.54, 1.807) is 6.92 Å². The molecule has 5 nitrogen and oxygen atoms in total. The fourth-order valence-corrected chi connectivity index (χ4v) is 2.16. The van der Waals surface area contributed by atoms with E-state index in [1.807, 2.05) is 0 Å². The van der Waals surface area contributed by atoms with Gasteiger partial charge in [-0.2, -0.15) is 0 Å². The number of halogens is 1. The number of benzene rings is 1. The molecule has 0 spiro atoms. The Hall–Kier alpha value is -1.76. The van der Waals surface area contributed by atoms with Gasteiger partial charge in [-0.1, -0.05) is 0 Å². The molecule has 0 saturated heterocycles. The maximum atomic E-state index is 13.5. The van der Waals surface area contributed by atoms with Gasteiger partial charge in [0.25, 0.3) is 0 Å². The highest BCUT2D eigenvalue weighted by atomic mass is 32.2. The number of carbonyl (C=O) groups excluding carboxylic acids is 1. The van der Waals surface area contributed by atoms with Gasteiger partial charge in [0.2, 0.25) is 0 Å². The molecule has 1 N–H and O–H groups in total. The van der Waals surface area contributed by atoms with Crippen molar-refractivity contribution in [2.75, 3.05) is 12.4 Å². The molecular formula is C11H11FO5S. The molecule has 0 fully saturated rings. The molecule has 1 aromatic carbocycles. The minimum absolute atomic E-state index is 0.149. The van der Waals surface area contributed by atoms with E-state index in [0.29, 0.717) is 0 Å². The van der Waals surface area contributed by atoms with E-state index in [9.17, 15) is 18.2 Å². The lowest BCUT2D eigenvalue weighted by molar-refractivity contribution is -0.139. The molecule has 0 aliphatic carbocycles. The van der Waals surface area contributed by atoms with Gasteiger partial charge in [-0.15, -0.1) is 0 Å². The summed E-state index contributed by atoms with van der Waals surface area (Å²) in [4.78, 5) is 21.4. The van der Waals surface area contributed by atoms with Crippen LogP contribution in [0.5, 0.6) is 0 Å². The highest BCUT2D eigenvalue weighted by molar-refractivity contribution is 7.85. The van der Waals surface area contributed by atoms with Crippen LogP contribution < -0.4 is 0 Å². The van der Waals surface area contributed by atoms with Crippen LogP contribution in [0.3, 0.4) is 0 Å². The minimum atomic E-state index is -1.89. The molecule has 0 heterocycles. The van der Waals surface area contributed by atoms with Crippen molar-refractivity contribution in [3.05, 3.63) is 29.6 Å². The third-order valence-corrected chi connectivity index (χ3v) is 3.30. The molecule has 1 atom stereocenters. The van der Waals surface area contributed by atoms with Crippen molar-refractivity contribution in [2.45, 2.75) is 11.8 Å². The predicted molar refractivity (Wildman–Crippen MR) is 61.3 cm³/mol. The van der Waals surface area contributed by atoms with Crippen molar-refractivity contribution in [3.8, 4) is 0 Å². The maximum absolute atomic E-state index is 13.5. The van der Waals surface area contributed by atoms with Crippen LogP contribution in [-0.2, 0) is 20.3 Å². The average molecular weight is 274 g/mol. The van der Waals surface area contributed by atoms with Gasteiger partial charge in [0.05, 0.1) is 27.9 Å². The van der Waals surface area contributed by atoms with Crippen LogP contribution in [-0.4, -0.2) is 33.6 Å². The Morgan fingerprint density at radius 2 is 2.11 bits per heavy atom. The Bertz CT molecular complexity index is 500. The van der Waals surface area contributed by atoms with Gasteiger partial charge < -0.3 is 9.84 Å². The van der Waals surface area contributed by atoms with Gasteiger partial charge in [0, 0.05) is 0 Å². The second-order valence-corrected chi connectivity index (χ2v) is 4.66. The van der Waals surface area contributed by atoms with Crippen molar-refractivity contribution in [1.29, 1.82) is 0 Å². The number of carboxylic acid groups (broad SMARTS) is 1. The number of hydrogen-bond donors (Lipinski definition) is 1. The maximum Gasteiger partial charge on any atom is 0.335 e. The first-order valence-electron chi connectivity index (χ1n) is 5.02. The van der Waals surface area contributed by atoms with Gasteiger partial charge in [0.1, 0.15) is 11.6 Å². The first-order chi connectivity index (χ1) is 8.45. The van der Waals surface area contributed by atoms with Crippen LogP contribution >= 0.6 is 0 Å². The first-order valence-corrected chi connectivity index (χ1v) is 6.34. The quantitative estimate of drug-likeness (QED) is 0.816. The van der Waals surface area contributed by atoms with Crippen LogP contribution in [0, 0.1) is 5.82 Å². The summed E-state index contributed by atoms with van der Waals surface area (Å²) in [6.07, 6.45) is 0. The number of rotatable bonds is 5. The smallest absolute Gasteiger partial charge is 0.335 e. The Kier molecular flexibility index (Phi) is 4.96. The van der Waals surface area contributed by atoms with Crippen molar-refractivity contribution in [1.82, 2.24) is 0 Å². The Morgan fingerprint density at radius 1 is 1.44 bits per heavy atom. The third kappa shape index (κ3) is 3.63. The molecule has 0 aliphatic rings. The van der Waals surface area contributed by atoms with E-state index in [1.165, 1.54) is 0 Å². The van der Waals surface area contributed by atoms with Gasteiger partial charge in [-0.25, -0.2) is 9.18 Å². The summed E-state index contributed by atoms with van der Waals surface area (Å²) in [5.41, 5.74) is -0.246. The van der Waals surface area contributed by atoms with Crippen LogP contribution in [0.1, 0.15) is 17.3 Å². The second kappa shape index (κ2) is 6.25. The molecule has 98 valence electrons. The normalized spacial score (nSPS) is 11.9. The Balaban J connectivity index is 2.87. The number of carboxylic acids is 1. The van der Waals surface area contributed by atoms with Crippen molar-refractivity contribution >= 4 is 22.7 Å². The van der Waals surface area contributed by atoms with Crippen LogP contribution in [0.4, 0.5) is 4.39 Å². The predicted octanol–water partition coefficient (Wildman–Crippen LogP) is 1.19. The largest absolute Gasteiger partial charge is 0.478 e. The number of hydrogen-bond acceptors (Lipinski definition) is 4. The fraction of sp³-hybridized carbons (Fsp3) is 0.273. The van der Waals surface area contributed by atoms with Gasteiger partial charge >= 0.3 is 11.9 Å². The molecule has 0 saturated carbocycles. The molecule has 0 amide bonds. The summed E-state index contributed by atoms with van der Waals surface area (Å²) >= 11 is 0. The molecule has 1 aromatic rings. The van der Waals surface area contributed by atoms with E-state index in [2.05, 4.69) is 4.74 Å². The summed E-state index contributed by atoms with van der Waals surface area (Å²) in [7, 11) is -1.89. The number of aromatic carboxylic acids is 1. The molecular weight excluding hydrogens is 263 g/mol. The molecule has 0 aromatic heterocycles. The van der Waals surface area contributed by atoms with Crippen molar-refractivity contribution in [2.24, 2.45) is 0 Å². The standard InChI is InChI=1S/C11H11FO5S/c1-2-17-10(13)6-18(16)9-4-3-7(11(14)15)5-8(9)12/h3-5H,2,6H2,1H3,(H,14,15). The molecule has 18 heavy (non-hydrogen) atoms. The second-order valence-electron chi connectivity index (χ2n) is 3.25. The molecule has 0 bridgehead atoms. The zero-order chi connectivity index (χ0) is 13.7. The van der Waals surface area contributed by atoms with E-state index < -0.39 is 34.3 Å². The van der Waals surface area contributed by atoms with Crippen LogP contribution in [0.2, 0.25) is 0 Å². The van der Waals surface area contributed by atoms with E-state index in [-0.39, 0.29) is 17.1 Å². The Labute approximate surface area is 105 Å². The lowest BCUT2D eigenvalue weighted by Gasteiger charge is -2.04. The lowest BCUT2D eigenvalue weighted by atomic mass is 10.2.